The van der Waals surface area contributed by atoms with Gasteiger partial charge in [0.25, 0.3) is 0 Å². The summed E-state index contributed by atoms with van der Waals surface area (Å²) in [5, 5.41) is 13.8. The number of aromatic nitrogens is 7. The molecule has 8 rings (SSSR count). The molecule has 2 aliphatic heterocycles. The van der Waals surface area contributed by atoms with Crippen LogP contribution in [0.1, 0.15) is 44.4 Å². The number of pyridine rings is 1. The van der Waals surface area contributed by atoms with Crippen LogP contribution in [0.25, 0.3) is 33.7 Å². The summed E-state index contributed by atoms with van der Waals surface area (Å²) in [7, 11) is 1.87. The van der Waals surface area contributed by atoms with Gasteiger partial charge in [-0.25, -0.2) is 19.6 Å². The minimum absolute atomic E-state index is 0.129. The van der Waals surface area contributed by atoms with Crippen LogP contribution in [-0.2, 0) is 13.6 Å². The first-order valence-electron chi connectivity index (χ1n) is 15.3. The molecule has 0 spiro atoms. The molecule has 0 aromatic carbocycles. The van der Waals surface area contributed by atoms with Crippen LogP contribution in [0.2, 0.25) is 0 Å². The smallest absolute Gasteiger partial charge is 0.222 e. The zero-order valence-electron chi connectivity index (χ0n) is 24.6. The van der Waals surface area contributed by atoms with E-state index in [0.29, 0.717) is 29.9 Å². The van der Waals surface area contributed by atoms with Crippen molar-refractivity contribution in [2.24, 2.45) is 7.05 Å². The molecule has 2 fully saturated rings. The third kappa shape index (κ3) is 5.14. The molecule has 5 aromatic heterocycles. The van der Waals surface area contributed by atoms with Crippen LogP contribution in [0.5, 0.6) is 5.88 Å². The lowest BCUT2D eigenvalue weighted by atomic mass is 10.2. The third-order valence-corrected chi connectivity index (χ3v) is 8.80. The second-order valence-electron chi connectivity index (χ2n) is 11.9. The van der Waals surface area contributed by atoms with E-state index >= 15 is 0 Å². The number of furan rings is 1. The van der Waals surface area contributed by atoms with Crippen LogP contribution in [0.15, 0.2) is 47.3 Å². The van der Waals surface area contributed by atoms with Gasteiger partial charge in [-0.3, -0.25) is 14.5 Å². The maximum absolute atomic E-state index is 6.42. The maximum Gasteiger partial charge on any atom is 0.222 e. The summed E-state index contributed by atoms with van der Waals surface area (Å²) in [5.41, 5.74) is 2.56. The molecule has 1 aliphatic carbocycles. The molecule has 0 radical (unpaired) electrons. The van der Waals surface area contributed by atoms with E-state index < -0.39 is 0 Å². The molecule has 1 unspecified atom stereocenters. The number of anilines is 2. The zero-order valence-corrected chi connectivity index (χ0v) is 24.6. The first-order chi connectivity index (χ1) is 21.1. The number of nitrogens with one attached hydrogen (secondary N) is 1. The Balaban J connectivity index is 1.10. The fraction of sp³-hybridized carbons (Fsp3) is 0.452. The van der Waals surface area contributed by atoms with Crippen LogP contribution < -0.4 is 10.1 Å². The summed E-state index contributed by atoms with van der Waals surface area (Å²) in [6, 6.07) is 8.97. The molecule has 1 atom stereocenters. The van der Waals surface area contributed by atoms with E-state index in [1.165, 1.54) is 12.8 Å². The molecule has 222 valence electrons. The molecule has 1 saturated carbocycles. The van der Waals surface area contributed by atoms with Gasteiger partial charge >= 0.3 is 0 Å². The predicted molar refractivity (Wildman–Crippen MR) is 162 cm³/mol. The first-order valence-corrected chi connectivity index (χ1v) is 15.3. The summed E-state index contributed by atoms with van der Waals surface area (Å²) in [6.45, 7) is 8.03. The number of rotatable bonds is 4. The van der Waals surface area contributed by atoms with Crippen molar-refractivity contribution in [1.29, 1.82) is 0 Å². The van der Waals surface area contributed by atoms with Gasteiger partial charge in [-0.1, -0.05) is 0 Å². The Bertz CT molecular complexity index is 1760. The van der Waals surface area contributed by atoms with Gasteiger partial charge < -0.3 is 14.5 Å². The van der Waals surface area contributed by atoms with Crippen LogP contribution in [0.3, 0.4) is 0 Å². The minimum Gasteiger partial charge on any atom is -0.477 e. The molecule has 7 heterocycles. The van der Waals surface area contributed by atoms with E-state index in [2.05, 4.69) is 42.9 Å². The Morgan fingerprint density at radius 1 is 1.00 bits per heavy atom. The number of hydrogen-bond donors (Lipinski definition) is 1. The SMILES string of the molecule is CC1CCCOc2c(cnn2C)-c2nccc(n2)Nc2cc3c(cn2)c(-c2ccc(CN4CCN(C5CC5)CC4)o2)nn31. The largest absolute Gasteiger partial charge is 0.477 e. The fourth-order valence-electron chi connectivity index (χ4n) is 6.27. The van der Waals surface area contributed by atoms with Crippen LogP contribution in [0, 0.1) is 0 Å². The van der Waals surface area contributed by atoms with E-state index in [0.717, 1.165) is 85.3 Å². The van der Waals surface area contributed by atoms with E-state index in [1.54, 1.807) is 17.1 Å². The minimum atomic E-state index is 0.129. The summed E-state index contributed by atoms with van der Waals surface area (Å²) in [5.74, 6) is 4.25. The number of ether oxygens (including phenoxy) is 1. The number of hydrogen-bond acceptors (Lipinski definition) is 10. The average molecular weight is 581 g/mol. The topological polar surface area (TPSA) is 115 Å². The standard InChI is InChI=1S/C31H36N10O2/c1-20-4-3-15-42-31-24(18-34-38(31)2)30-32-10-9-27(36-30)35-28-16-25-23(17-33-28)29(37-41(20)25)26-8-7-22(43-26)19-39-11-13-40(14-12-39)21-5-6-21/h7-10,16-18,20-21H,3-6,11-15,19H2,1-2H3,(H,32,33,35,36). The summed E-state index contributed by atoms with van der Waals surface area (Å²) in [4.78, 5) is 19.1. The summed E-state index contributed by atoms with van der Waals surface area (Å²) < 4.78 is 16.4. The van der Waals surface area contributed by atoms with Crippen LogP contribution in [0.4, 0.5) is 11.6 Å². The molecule has 12 nitrogen and oxygen atoms in total. The Morgan fingerprint density at radius 2 is 1.88 bits per heavy atom. The van der Waals surface area contributed by atoms with Crippen molar-refractivity contribution in [3.63, 3.8) is 0 Å². The number of nitrogens with zero attached hydrogens (tertiary/aromatic N) is 9. The molecule has 43 heavy (non-hydrogen) atoms. The lowest BCUT2D eigenvalue weighted by Crippen LogP contribution is -2.46. The maximum atomic E-state index is 6.42. The highest BCUT2D eigenvalue weighted by Crippen LogP contribution is 2.35. The third-order valence-electron chi connectivity index (χ3n) is 8.80. The van der Waals surface area contributed by atoms with E-state index in [-0.39, 0.29) is 6.04 Å². The van der Waals surface area contributed by atoms with E-state index in [4.69, 9.17) is 24.2 Å². The van der Waals surface area contributed by atoms with Crippen molar-refractivity contribution in [2.45, 2.75) is 51.2 Å². The highest BCUT2D eigenvalue weighted by atomic mass is 16.5. The summed E-state index contributed by atoms with van der Waals surface area (Å²) in [6.07, 6.45) is 9.82. The van der Waals surface area contributed by atoms with Gasteiger partial charge in [0.1, 0.15) is 28.7 Å². The van der Waals surface area contributed by atoms with Crippen molar-refractivity contribution >= 4 is 22.5 Å². The normalized spacial score (nSPS) is 19.9. The van der Waals surface area contributed by atoms with Gasteiger partial charge in [0.05, 0.1) is 24.9 Å². The molecular weight excluding hydrogens is 544 g/mol. The summed E-state index contributed by atoms with van der Waals surface area (Å²) >= 11 is 0. The van der Waals surface area contributed by atoms with Gasteiger partial charge in [0.15, 0.2) is 11.6 Å². The first kappa shape index (κ1) is 26.3. The van der Waals surface area contributed by atoms with Crippen molar-refractivity contribution in [3.05, 3.63) is 48.6 Å². The number of aryl methyl sites for hydroxylation is 1. The van der Waals surface area contributed by atoms with Crippen molar-refractivity contribution in [1.82, 2.24) is 44.3 Å². The molecule has 4 bridgehead atoms. The number of fused-ring (bicyclic) bond motifs is 5. The van der Waals surface area contributed by atoms with Crippen LogP contribution >= 0.6 is 0 Å². The quantitative estimate of drug-likeness (QED) is 0.322. The molecule has 1 N–H and O–H groups in total. The van der Waals surface area contributed by atoms with E-state index in [9.17, 15) is 0 Å². The second kappa shape index (κ2) is 10.8. The molecule has 12 heteroatoms. The Morgan fingerprint density at radius 3 is 2.74 bits per heavy atom. The average Bonchev–Trinajstić information content (AvgIpc) is 3.49. The Kier molecular flexibility index (Phi) is 6.60. The monoisotopic (exact) mass is 580 g/mol. The Hall–Kier alpha value is -4.29. The molecule has 3 aliphatic rings. The lowest BCUT2D eigenvalue weighted by molar-refractivity contribution is 0.116. The highest BCUT2D eigenvalue weighted by Gasteiger charge is 2.31. The van der Waals surface area contributed by atoms with Crippen molar-refractivity contribution < 1.29 is 9.15 Å². The lowest BCUT2D eigenvalue weighted by Gasteiger charge is -2.34. The van der Waals surface area contributed by atoms with Crippen LogP contribution in [-0.4, -0.2) is 83.1 Å². The molecule has 5 aromatic rings. The molecule has 0 amide bonds. The van der Waals surface area contributed by atoms with E-state index in [1.807, 2.05) is 31.4 Å². The zero-order chi connectivity index (χ0) is 28.9. The van der Waals surface area contributed by atoms with Gasteiger partial charge in [-0.2, -0.15) is 10.2 Å². The molecular formula is C31H36N10O2. The second-order valence-corrected chi connectivity index (χ2v) is 11.9. The van der Waals surface area contributed by atoms with Gasteiger partial charge in [0.2, 0.25) is 5.88 Å². The highest BCUT2D eigenvalue weighted by molar-refractivity contribution is 5.93. The number of piperazine rings is 1. The van der Waals surface area contributed by atoms with Crippen molar-refractivity contribution in [2.75, 3.05) is 38.1 Å². The molecule has 1 saturated heterocycles. The van der Waals surface area contributed by atoms with Crippen molar-refractivity contribution in [3.8, 4) is 28.7 Å². The fourth-order valence-corrected chi connectivity index (χ4v) is 6.27. The Labute approximate surface area is 249 Å². The van der Waals surface area contributed by atoms with Gasteiger partial charge in [-0.05, 0) is 50.8 Å². The van der Waals surface area contributed by atoms with Gasteiger partial charge in [0, 0.05) is 69.2 Å². The predicted octanol–water partition coefficient (Wildman–Crippen LogP) is 4.64. The van der Waals surface area contributed by atoms with Gasteiger partial charge in [-0.15, -0.1) is 0 Å².